The van der Waals surface area contributed by atoms with Crippen LogP contribution in [0.4, 0.5) is 0 Å². The molecule has 0 aromatic heterocycles. The summed E-state index contributed by atoms with van der Waals surface area (Å²) in [6, 6.07) is 9.02. The number of nitrogens with zero attached hydrogens (tertiary/aromatic N) is 2. The molecule has 1 aliphatic rings. The van der Waals surface area contributed by atoms with Crippen LogP contribution in [0, 0.1) is 12.8 Å². The molecule has 0 bridgehead atoms. The first-order chi connectivity index (χ1) is 12.1. The molecule has 2 nitrogen and oxygen atoms in total. The van der Waals surface area contributed by atoms with E-state index in [2.05, 4.69) is 54.8 Å². The fraction of sp³-hybridized carbons (Fsp3) is 0.739. The van der Waals surface area contributed by atoms with Crippen LogP contribution >= 0.6 is 0 Å². The van der Waals surface area contributed by atoms with E-state index in [9.17, 15) is 0 Å². The van der Waals surface area contributed by atoms with Crippen molar-refractivity contribution in [1.82, 2.24) is 9.80 Å². The van der Waals surface area contributed by atoms with Gasteiger partial charge in [-0.2, -0.15) is 0 Å². The molecule has 0 atom stereocenters. The van der Waals surface area contributed by atoms with E-state index in [1.807, 2.05) is 0 Å². The van der Waals surface area contributed by atoms with Gasteiger partial charge in [-0.25, -0.2) is 0 Å². The maximum Gasteiger partial charge on any atom is 0.0234 e. The maximum absolute atomic E-state index is 2.67. The number of hydrogen-bond acceptors (Lipinski definition) is 2. The van der Waals surface area contributed by atoms with E-state index in [1.54, 1.807) is 0 Å². The molecule has 1 saturated heterocycles. The van der Waals surface area contributed by atoms with Crippen LogP contribution in [0.5, 0.6) is 0 Å². The minimum atomic E-state index is 0.879. The number of unbranched alkanes of at least 4 members (excludes halogenated alkanes) is 5. The zero-order valence-electron chi connectivity index (χ0n) is 17.0. The first-order valence-electron chi connectivity index (χ1n) is 10.6. The maximum atomic E-state index is 2.67. The zero-order chi connectivity index (χ0) is 17.9. The monoisotopic (exact) mass is 344 g/mol. The van der Waals surface area contributed by atoms with Crippen molar-refractivity contribution in [1.29, 1.82) is 0 Å². The van der Waals surface area contributed by atoms with Crippen LogP contribution in [0.1, 0.15) is 69.9 Å². The number of benzene rings is 1. The summed E-state index contributed by atoms with van der Waals surface area (Å²) in [7, 11) is 0. The number of piperazine rings is 1. The molecule has 0 saturated carbocycles. The number of hydrogen-bond donors (Lipinski definition) is 0. The van der Waals surface area contributed by atoms with E-state index in [0.29, 0.717) is 0 Å². The third kappa shape index (κ3) is 8.87. The Morgan fingerprint density at radius 3 is 1.96 bits per heavy atom. The molecule has 1 heterocycles. The molecule has 0 radical (unpaired) electrons. The van der Waals surface area contributed by atoms with Crippen LogP contribution in [0.2, 0.25) is 0 Å². The Bertz CT molecular complexity index is 444. The van der Waals surface area contributed by atoms with Crippen molar-refractivity contribution in [2.45, 2.75) is 72.3 Å². The standard InChI is InChI=1S/C23H40N2/c1-21(2)10-8-6-4-5-7-9-15-24-16-18-25(19-17-24)20-23-13-11-22(3)12-14-23/h11-14,21H,4-10,15-20H2,1-3H3. The molecule has 25 heavy (non-hydrogen) atoms. The first-order valence-corrected chi connectivity index (χ1v) is 10.6. The molecular formula is C23H40N2. The predicted octanol–water partition coefficient (Wildman–Crippen LogP) is 5.50. The van der Waals surface area contributed by atoms with Crippen molar-refractivity contribution in [2.24, 2.45) is 5.92 Å². The largest absolute Gasteiger partial charge is 0.301 e. The molecular weight excluding hydrogens is 304 g/mol. The van der Waals surface area contributed by atoms with Crippen LogP contribution in [0.3, 0.4) is 0 Å². The Morgan fingerprint density at radius 2 is 1.32 bits per heavy atom. The Hall–Kier alpha value is -0.860. The summed E-state index contributed by atoms with van der Waals surface area (Å²) >= 11 is 0. The lowest BCUT2D eigenvalue weighted by Gasteiger charge is -2.34. The van der Waals surface area contributed by atoms with Gasteiger partial charge in [0.1, 0.15) is 0 Å². The lowest BCUT2D eigenvalue weighted by molar-refractivity contribution is 0.125. The van der Waals surface area contributed by atoms with E-state index in [4.69, 9.17) is 0 Å². The second-order valence-electron chi connectivity index (χ2n) is 8.41. The SMILES string of the molecule is Cc1ccc(CN2CCN(CCCCCCCCC(C)C)CC2)cc1. The van der Waals surface area contributed by atoms with Gasteiger partial charge in [0.15, 0.2) is 0 Å². The topological polar surface area (TPSA) is 6.48 Å². The zero-order valence-corrected chi connectivity index (χ0v) is 17.0. The summed E-state index contributed by atoms with van der Waals surface area (Å²) in [5.74, 6) is 0.879. The molecule has 1 aliphatic heterocycles. The van der Waals surface area contributed by atoms with Crippen LogP contribution < -0.4 is 0 Å². The van der Waals surface area contributed by atoms with Crippen molar-refractivity contribution in [3.05, 3.63) is 35.4 Å². The van der Waals surface area contributed by atoms with Gasteiger partial charge in [-0.15, -0.1) is 0 Å². The second kappa shape index (κ2) is 11.7. The summed E-state index contributed by atoms with van der Waals surface area (Å²) in [4.78, 5) is 5.28. The smallest absolute Gasteiger partial charge is 0.0234 e. The molecule has 142 valence electrons. The molecule has 2 rings (SSSR count). The normalized spacial score (nSPS) is 16.6. The number of aryl methyl sites for hydroxylation is 1. The highest BCUT2D eigenvalue weighted by Crippen LogP contribution is 2.13. The Morgan fingerprint density at radius 1 is 0.760 bits per heavy atom. The molecule has 1 fully saturated rings. The summed E-state index contributed by atoms with van der Waals surface area (Å²) in [6.07, 6.45) is 9.97. The van der Waals surface area contributed by atoms with E-state index in [1.165, 1.54) is 88.8 Å². The summed E-state index contributed by atoms with van der Waals surface area (Å²) in [5.41, 5.74) is 2.81. The van der Waals surface area contributed by atoms with E-state index >= 15 is 0 Å². The van der Waals surface area contributed by atoms with Crippen LogP contribution in [-0.2, 0) is 6.54 Å². The molecule has 1 aromatic rings. The molecule has 1 aromatic carbocycles. The summed E-state index contributed by atoms with van der Waals surface area (Å²) < 4.78 is 0. The third-order valence-corrected chi connectivity index (χ3v) is 5.50. The summed E-state index contributed by atoms with van der Waals surface area (Å²) in [6.45, 7) is 14.2. The van der Waals surface area contributed by atoms with Crippen molar-refractivity contribution < 1.29 is 0 Å². The minimum absolute atomic E-state index is 0.879. The summed E-state index contributed by atoms with van der Waals surface area (Å²) in [5, 5.41) is 0. The molecule has 0 N–H and O–H groups in total. The highest BCUT2D eigenvalue weighted by Gasteiger charge is 2.16. The molecule has 0 unspecified atom stereocenters. The lowest BCUT2D eigenvalue weighted by Crippen LogP contribution is -2.46. The Kier molecular flexibility index (Phi) is 9.57. The van der Waals surface area contributed by atoms with Crippen molar-refractivity contribution in [3.63, 3.8) is 0 Å². The fourth-order valence-corrected chi connectivity index (χ4v) is 3.72. The van der Waals surface area contributed by atoms with Crippen LogP contribution in [0.15, 0.2) is 24.3 Å². The van der Waals surface area contributed by atoms with E-state index in [-0.39, 0.29) is 0 Å². The fourth-order valence-electron chi connectivity index (χ4n) is 3.72. The highest BCUT2D eigenvalue weighted by atomic mass is 15.3. The molecule has 0 amide bonds. The number of rotatable bonds is 11. The lowest BCUT2D eigenvalue weighted by atomic mass is 10.0. The van der Waals surface area contributed by atoms with Gasteiger partial charge in [0.2, 0.25) is 0 Å². The van der Waals surface area contributed by atoms with Crippen molar-refractivity contribution >= 4 is 0 Å². The van der Waals surface area contributed by atoms with Crippen molar-refractivity contribution in [3.8, 4) is 0 Å². The second-order valence-corrected chi connectivity index (χ2v) is 8.41. The van der Waals surface area contributed by atoms with Gasteiger partial charge in [0.05, 0.1) is 0 Å². The van der Waals surface area contributed by atoms with Crippen molar-refractivity contribution in [2.75, 3.05) is 32.7 Å². The molecule has 2 heteroatoms. The predicted molar refractivity (Wildman–Crippen MR) is 110 cm³/mol. The highest BCUT2D eigenvalue weighted by molar-refractivity contribution is 5.21. The Balaban J connectivity index is 1.47. The molecule has 0 aliphatic carbocycles. The average molecular weight is 345 g/mol. The average Bonchev–Trinajstić information content (AvgIpc) is 2.60. The van der Waals surface area contributed by atoms with Gasteiger partial charge in [-0.05, 0) is 31.4 Å². The Labute approximate surface area is 156 Å². The van der Waals surface area contributed by atoms with Gasteiger partial charge in [0.25, 0.3) is 0 Å². The van der Waals surface area contributed by atoms with E-state index < -0.39 is 0 Å². The first kappa shape index (κ1) is 20.5. The van der Waals surface area contributed by atoms with Gasteiger partial charge in [0, 0.05) is 32.7 Å². The minimum Gasteiger partial charge on any atom is -0.301 e. The van der Waals surface area contributed by atoms with Gasteiger partial charge in [-0.1, -0.05) is 82.2 Å². The van der Waals surface area contributed by atoms with Gasteiger partial charge in [-0.3, -0.25) is 4.90 Å². The van der Waals surface area contributed by atoms with E-state index in [0.717, 1.165) is 12.5 Å². The molecule has 0 spiro atoms. The quantitative estimate of drug-likeness (QED) is 0.489. The third-order valence-electron chi connectivity index (χ3n) is 5.50. The van der Waals surface area contributed by atoms with Crippen LogP contribution in [0.25, 0.3) is 0 Å². The van der Waals surface area contributed by atoms with Gasteiger partial charge < -0.3 is 4.90 Å². The van der Waals surface area contributed by atoms with Crippen LogP contribution in [-0.4, -0.2) is 42.5 Å². The van der Waals surface area contributed by atoms with Gasteiger partial charge >= 0.3 is 0 Å².